The largest absolute Gasteiger partial charge is 0.385 e. The Labute approximate surface area is 83.0 Å². The fourth-order valence-electron chi connectivity index (χ4n) is 1.25. The molecule has 14 heavy (non-hydrogen) atoms. The van der Waals surface area contributed by atoms with Gasteiger partial charge < -0.3 is 10.8 Å². The van der Waals surface area contributed by atoms with Gasteiger partial charge in [0.05, 0.1) is 5.69 Å². The molecule has 0 amide bonds. The lowest BCUT2D eigenvalue weighted by Crippen LogP contribution is -2.39. The molecular formula is C9H16N4O. The summed E-state index contributed by atoms with van der Waals surface area (Å²) in [5.41, 5.74) is 4.42. The van der Waals surface area contributed by atoms with E-state index in [-0.39, 0.29) is 11.9 Å². The first-order valence-electron chi connectivity index (χ1n) is 4.48. The Morgan fingerprint density at radius 1 is 1.71 bits per heavy atom. The highest BCUT2D eigenvalue weighted by atomic mass is 16.3. The van der Waals surface area contributed by atoms with Crippen molar-refractivity contribution in [2.24, 2.45) is 5.73 Å². The molecule has 1 heterocycles. The lowest BCUT2D eigenvalue weighted by atomic mass is 10.0. The minimum absolute atomic E-state index is 0.130. The standard InChI is InChI=1S/C9H16N4O/c1-6(2)13-7(4-5-12-13)9(3,14)8(10)11/h4-6,14H,1-3H3,(H3,10,11). The van der Waals surface area contributed by atoms with Crippen molar-refractivity contribution in [3.05, 3.63) is 18.0 Å². The molecule has 1 unspecified atom stereocenters. The molecule has 1 atom stereocenters. The molecule has 0 spiro atoms. The molecular weight excluding hydrogens is 180 g/mol. The average molecular weight is 196 g/mol. The van der Waals surface area contributed by atoms with Crippen molar-refractivity contribution in [3.8, 4) is 0 Å². The second-order valence-corrected chi connectivity index (χ2v) is 3.74. The van der Waals surface area contributed by atoms with Crippen molar-refractivity contribution in [2.75, 3.05) is 0 Å². The Kier molecular flexibility index (Phi) is 2.62. The van der Waals surface area contributed by atoms with Gasteiger partial charge in [0, 0.05) is 12.2 Å². The third-order valence-electron chi connectivity index (χ3n) is 2.18. The number of aliphatic hydroxyl groups is 1. The van der Waals surface area contributed by atoms with Crippen LogP contribution in [0.25, 0.3) is 0 Å². The average Bonchev–Trinajstić information content (AvgIpc) is 2.51. The van der Waals surface area contributed by atoms with Gasteiger partial charge in [-0.1, -0.05) is 0 Å². The number of aromatic nitrogens is 2. The van der Waals surface area contributed by atoms with Crippen LogP contribution in [0.3, 0.4) is 0 Å². The van der Waals surface area contributed by atoms with Crippen molar-refractivity contribution in [1.82, 2.24) is 9.78 Å². The van der Waals surface area contributed by atoms with Gasteiger partial charge in [-0.3, -0.25) is 10.1 Å². The first-order chi connectivity index (χ1) is 6.37. The monoisotopic (exact) mass is 196 g/mol. The summed E-state index contributed by atoms with van der Waals surface area (Å²) in [6.45, 7) is 5.39. The molecule has 0 saturated heterocycles. The third kappa shape index (κ3) is 1.63. The molecule has 0 bridgehead atoms. The van der Waals surface area contributed by atoms with Crippen LogP contribution in [0.1, 0.15) is 32.5 Å². The quantitative estimate of drug-likeness (QED) is 0.489. The van der Waals surface area contributed by atoms with Gasteiger partial charge in [-0.05, 0) is 26.8 Å². The second-order valence-electron chi connectivity index (χ2n) is 3.74. The Morgan fingerprint density at radius 3 is 2.71 bits per heavy atom. The number of amidine groups is 1. The van der Waals surface area contributed by atoms with E-state index in [4.69, 9.17) is 11.1 Å². The lowest BCUT2D eigenvalue weighted by Gasteiger charge is -2.24. The van der Waals surface area contributed by atoms with E-state index in [0.717, 1.165) is 0 Å². The summed E-state index contributed by atoms with van der Waals surface area (Å²) in [6.07, 6.45) is 1.59. The summed E-state index contributed by atoms with van der Waals surface area (Å²) >= 11 is 0. The maximum atomic E-state index is 9.97. The van der Waals surface area contributed by atoms with Gasteiger partial charge in [0.25, 0.3) is 0 Å². The summed E-state index contributed by atoms with van der Waals surface area (Å²) in [7, 11) is 0. The van der Waals surface area contributed by atoms with Gasteiger partial charge in [0.1, 0.15) is 5.84 Å². The summed E-state index contributed by atoms with van der Waals surface area (Å²) in [6, 6.07) is 1.80. The topological polar surface area (TPSA) is 87.9 Å². The number of hydrogen-bond donors (Lipinski definition) is 3. The van der Waals surface area contributed by atoms with Crippen LogP contribution in [-0.4, -0.2) is 20.7 Å². The van der Waals surface area contributed by atoms with Crippen LogP contribution in [0.4, 0.5) is 0 Å². The van der Waals surface area contributed by atoms with E-state index in [1.165, 1.54) is 6.92 Å². The Balaban J connectivity index is 3.18. The van der Waals surface area contributed by atoms with Crippen molar-refractivity contribution >= 4 is 5.84 Å². The normalized spacial score (nSPS) is 15.5. The molecule has 5 heteroatoms. The minimum atomic E-state index is -1.44. The zero-order valence-corrected chi connectivity index (χ0v) is 8.65. The van der Waals surface area contributed by atoms with Gasteiger partial charge in [-0.25, -0.2) is 0 Å². The summed E-state index contributed by atoms with van der Waals surface area (Å²) in [5, 5.41) is 21.3. The maximum Gasteiger partial charge on any atom is 0.159 e. The fourth-order valence-corrected chi connectivity index (χ4v) is 1.25. The van der Waals surface area contributed by atoms with Crippen LogP contribution in [0.15, 0.2) is 12.3 Å². The number of rotatable bonds is 3. The SMILES string of the molecule is CC(C)n1nccc1C(C)(O)C(=N)N. The first kappa shape index (κ1) is 10.7. The number of nitrogens with two attached hydrogens (primary N) is 1. The van der Waals surface area contributed by atoms with Crippen molar-refractivity contribution in [2.45, 2.75) is 32.4 Å². The van der Waals surface area contributed by atoms with Crippen molar-refractivity contribution < 1.29 is 5.11 Å². The summed E-state index contributed by atoms with van der Waals surface area (Å²) < 4.78 is 1.65. The van der Waals surface area contributed by atoms with E-state index < -0.39 is 5.60 Å². The molecule has 4 N–H and O–H groups in total. The maximum absolute atomic E-state index is 9.97. The zero-order valence-electron chi connectivity index (χ0n) is 8.65. The van der Waals surface area contributed by atoms with Crippen LogP contribution in [-0.2, 0) is 5.60 Å². The molecule has 0 radical (unpaired) electrons. The number of nitrogens with zero attached hydrogens (tertiary/aromatic N) is 2. The number of hydrogen-bond acceptors (Lipinski definition) is 3. The molecule has 5 nitrogen and oxygen atoms in total. The van der Waals surface area contributed by atoms with Crippen LogP contribution in [0, 0.1) is 5.41 Å². The molecule has 78 valence electrons. The van der Waals surface area contributed by atoms with E-state index in [2.05, 4.69) is 5.10 Å². The van der Waals surface area contributed by atoms with Crippen LogP contribution >= 0.6 is 0 Å². The van der Waals surface area contributed by atoms with Gasteiger partial charge in [0.15, 0.2) is 5.60 Å². The molecule has 0 aliphatic carbocycles. The zero-order chi connectivity index (χ0) is 10.9. The highest BCUT2D eigenvalue weighted by molar-refractivity contribution is 5.86. The van der Waals surface area contributed by atoms with Crippen LogP contribution < -0.4 is 5.73 Å². The molecule has 0 saturated carbocycles. The Hall–Kier alpha value is -1.36. The predicted molar refractivity (Wildman–Crippen MR) is 54.1 cm³/mol. The molecule has 1 aromatic rings. The van der Waals surface area contributed by atoms with E-state index in [0.29, 0.717) is 5.69 Å². The van der Waals surface area contributed by atoms with Gasteiger partial charge in [0.2, 0.25) is 0 Å². The van der Waals surface area contributed by atoms with E-state index in [1.54, 1.807) is 16.9 Å². The van der Waals surface area contributed by atoms with Crippen LogP contribution in [0.5, 0.6) is 0 Å². The van der Waals surface area contributed by atoms with E-state index in [9.17, 15) is 5.11 Å². The molecule has 1 aromatic heterocycles. The second kappa shape index (κ2) is 3.42. The van der Waals surface area contributed by atoms with Crippen molar-refractivity contribution in [1.29, 1.82) is 5.41 Å². The van der Waals surface area contributed by atoms with Crippen LogP contribution in [0.2, 0.25) is 0 Å². The molecule has 1 rings (SSSR count). The summed E-state index contributed by atoms with van der Waals surface area (Å²) in [4.78, 5) is 0. The van der Waals surface area contributed by atoms with Gasteiger partial charge in [-0.2, -0.15) is 5.10 Å². The van der Waals surface area contributed by atoms with Crippen molar-refractivity contribution in [3.63, 3.8) is 0 Å². The molecule has 0 aliphatic rings. The lowest BCUT2D eigenvalue weighted by molar-refractivity contribution is 0.117. The summed E-state index contributed by atoms with van der Waals surface area (Å²) in [5.74, 6) is -0.278. The molecule has 0 aromatic carbocycles. The van der Waals surface area contributed by atoms with Gasteiger partial charge in [-0.15, -0.1) is 0 Å². The van der Waals surface area contributed by atoms with E-state index >= 15 is 0 Å². The molecule has 0 aliphatic heterocycles. The highest BCUT2D eigenvalue weighted by Gasteiger charge is 2.31. The molecule has 0 fully saturated rings. The highest BCUT2D eigenvalue weighted by Crippen LogP contribution is 2.22. The Morgan fingerprint density at radius 2 is 2.29 bits per heavy atom. The smallest absolute Gasteiger partial charge is 0.159 e. The van der Waals surface area contributed by atoms with E-state index in [1.807, 2.05) is 13.8 Å². The first-order valence-corrected chi connectivity index (χ1v) is 4.48. The fraction of sp³-hybridized carbons (Fsp3) is 0.556. The third-order valence-corrected chi connectivity index (χ3v) is 2.18. The predicted octanol–water partition coefficient (Wildman–Crippen LogP) is 0.607. The van der Waals surface area contributed by atoms with Gasteiger partial charge >= 0.3 is 0 Å². The Bertz CT molecular complexity index is 340. The number of nitrogens with one attached hydrogen (secondary N) is 1. The minimum Gasteiger partial charge on any atom is -0.385 e.